The molecule has 0 unspecified atom stereocenters. The first kappa shape index (κ1) is 25.4. The summed E-state index contributed by atoms with van der Waals surface area (Å²) in [5.41, 5.74) is 4.64. The van der Waals surface area contributed by atoms with Crippen LogP contribution in [0.3, 0.4) is 0 Å². The largest absolute Gasteiger partial charge is 0.368 e. The highest BCUT2D eigenvalue weighted by Crippen LogP contribution is 2.31. The van der Waals surface area contributed by atoms with Crippen LogP contribution in [0.15, 0.2) is 85.6 Å². The van der Waals surface area contributed by atoms with Crippen LogP contribution in [-0.2, 0) is 12.8 Å². The molecule has 0 aliphatic heterocycles. The first-order valence-electron chi connectivity index (χ1n) is 11.5. The molecular formula is C28H26ClN5OS. The molecule has 8 heteroatoms. The van der Waals surface area contributed by atoms with Crippen LogP contribution in [0.1, 0.15) is 27.2 Å². The van der Waals surface area contributed by atoms with Crippen molar-refractivity contribution in [3.63, 3.8) is 0 Å². The van der Waals surface area contributed by atoms with E-state index in [2.05, 4.69) is 28.8 Å². The lowest BCUT2D eigenvalue weighted by Gasteiger charge is -2.13. The van der Waals surface area contributed by atoms with Crippen LogP contribution in [-0.4, -0.2) is 33.9 Å². The van der Waals surface area contributed by atoms with E-state index >= 15 is 0 Å². The Hall–Kier alpha value is -3.68. The van der Waals surface area contributed by atoms with Gasteiger partial charge in [0.25, 0.3) is 5.91 Å². The van der Waals surface area contributed by atoms with Crippen molar-refractivity contribution in [3.05, 3.63) is 113 Å². The molecule has 0 aliphatic rings. The number of pyridine rings is 1. The average Bonchev–Trinajstić information content (AvgIpc) is 2.89. The van der Waals surface area contributed by atoms with Crippen molar-refractivity contribution < 1.29 is 4.79 Å². The molecule has 0 atom stereocenters. The van der Waals surface area contributed by atoms with E-state index in [0.717, 1.165) is 16.9 Å². The molecule has 2 aromatic carbocycles. The zero-order valence-corrected chi connectivity index (χ0v) is 21.3. The van der Waals surface area contributed by atoms with Gasteiger partial charge < -0.3 is 10.6 Å². The van der Waals surface area contributed by atoms with Gasteiger partial charge in [-0.25, -0.2) is 9.97 Å². The van der Waals surface area contributed by atoms with Crippen LogP contribution in [0, 0.1) is 0 Å². The van der Waals surface area contributed by atoms with E-state index in [1.54, 1.807) is 29.9 Å². The number of amides is 1. The lowest BCUT2D eigenvalue weighted by atomic mass is 10.1. The summed E-state index contributed by atoms with van der Waals surface area (Å²) in [5, 5.41) is 8.74. The third-order valence-corrected chi connectivity index (χ3v) is 6.52. The number of thioether (sulfide) groups is 1. The Labute approximate surface area is 219 Å². The highest BCUT2D eigenvalue weighted by atomic mass is 35.5. The minimum absolute atomic E-state index is 0.175. The minimum Gasteiger partial charge on any atom is -0.368 e. The molecule has 2 N–H and O–H groups in total. The van der Waals surface area contributed by atoms with Gasteiger partial charge in [0.15, 0.2) is 5.82 Å². The smallest absolute Gasteiger partial charge is 0.251 e. The number of nitrogens with one attached hydrogen (secondary N) is 2. The highest BCUT2D eigenvalue weighted by molar-refractivity contribution is 8.10. The lowest BCUT2D eigenvalue weighted by molar-refractivity contribution is 0.0954. The summed E-state index contributed by atoms with van der Waals surface area (Å²) in [7, 11) is 0. The number of benzene rings is 2. The number of anilines is 1. The molecule has 4 rings (SSSR count). The summed E-state index contributed by atoms with van der Waals surface area (Å²) in [6.07, 6.45) is 5.03. The second-order valence-corrected chi connectivity index (χ2v) is 9.43. The van der Waals surface area contributed by atoms with Gasteiger partial charge in [0.2, 0.25) is 0 Å². The van der Waals surface area contributed by atoms with E-state index in [4.69, 9.17) is 21.6 Å². The van der Waals surface area contributed by atoms with Crippen LogP contribution >= 0.6 is 23.4 Å². The fourth-order valence-corrected chi connectivity index (χ4v) is 4.34. The third kappa shape index (κ3) is 6.50. The summed E-state index contributed by atoms with van der Waals surface area (Å²) in [4.78, 5) is 27.1. The number of carbonyl (C=O) groups excluding carboxylic acids is 1. The monoisotopic (exact) mass is 515 g/mol. The summed E-state index contributed by atoms with van der Waals surface area (Å²) in [6.45, 7) is 9.07. The molecule has 1 amide bonds. The van der Waals surface area contributed by atoms with Gasteiger partial charge in [-0.15, -0.1) is 0 Å². The number of halogens is 1. The quantitative estimate of drug-likeness (QED) is 0.249. The van der Waals surface area contributed by atoms with Crippen LogP contribution < -0.4 is 10.6 Å². The van der Waals surface area contributed by atoms with Crippen molar-refractivity contribution in [2.24, 2.45) is 0 Å². The summed E-state index contributed by atoms with van der Waals surface area (Å²) >= 11 is 7.60. The molecule has 0 bridgehead atoms. The fourth-order valence-electron chi connectivity index (χ4n) is 3.66. The van der Waals surface area contributed by atoms with E-state index < -0.39 is 0 Å². The van der Waals surface area contributed by atoms with Crippen molar-refractivity contribution in [1.29, 1.82) is 0 Å². The summed E-state index contributed by atoms with van der Waals surface area (Å²) in [5.74, 6) is 0.471. The predicted octanol–water partition coefficient (Wildman–Crippen LogP) is 6.15. The zero-order chi connectivity index (χ0) is 25.3. The van der Waals surface area contributed by atoms with Gasteiger partial charge in [0.1, 0.15) is 5.69 Å². The maximum atomic E-state index is 12.8. The van der Waals surface area contributed by atoms with Crippen LogP contribution in [0.25, 0.3) is 15.9 Å². The van der Waals surface area contributed by atoms with E-state index in [9.17, 15) is 4.79 Å². The number of hydrogen-bond acceptors (Lipinski definition) is 6. The van der Waals surface area contributed by atoms with Gasteiger partial charge in [-0.05, 0) is 65.8 Å². The number of nitrogens with zero attached hydrogens (tertiary/aromatic N) is 3. The molecule has 0 fully saturated rings. The molecule has 6 nitrogen and oxygen atoms in total. The molecule has 0 saturated carbocycles. The van der Waals surface area contributed by atoms with Crippen molar-refractivity contribution in [2.75, 3.05) is 18.4 Å². The van der Waals surface area contributed by atoms with Crippen LogP contribution in [0.2, 0.25) is 5.02 Å². The van der Waals surface area contributed by atoms with Crippen molar-refractivity contribution in [3.8, 4) is 0 Å². The molecule has 4 aromatic rings. The summed E-state index contributed by atoms with van der Waals surface area (Å²) < 4.78 is 0. The topological polar surface area (TPSA) is 79.8 Å². The predicted molar refractivity (Wildman–Crippen MR) is 150 cm³/mol. The lowest BCUT2D eigenvalue weighted by Crippen LogP contribution is -2.25. The third-order valence-electron chi connectivity index (χ3n) is 5.51. The standard InChI is InChI=1S/C28H26ClN5OS/c1-3-36-19(2)26-27(31-16-12-20-10-14-30-15-11-20)34-24-9-8-22(18-25(24)33-26)28(35)32-17-13-21-6-4-5-7-23(21)29/h3-11,14-15,18H,1-2,12-13,16-17H2,(H,31,34)(H,32,35). The first-order chi connectivity index (χ1) is 17.5. The maximum Gasteiger partial charge on any atom is 0.251 e. The van der Waals surface area contributed by atoms with E-state index in [1.807, 2.05) is 42.5 Å². The van der Waals surface area contributed by atoms with Gasteiger partial charge in [-0.1, -0.05) is 54.7 Å². The molecule has 0 aliphatic carbocycles. The van der Waals surface area contributed by atoms with Crippen LogP contribution in [0.4, 0.5) is 5.82 Å². The summed E-state index contributed by atoms with van der Waals surface area (Å²) in [6, 6.07) is 16.9. The highest BCUT2D eigenvalue weighted by Gasteiger charge is 2.14. The van der Waals surface area contributed by atoms with Gasteiger partial charge in [0.05, 0.1) is 11.0 Å². The Morgan fingerprint density at radius 1 is 1.00 bits per heavy atom. The molecule has 182 valence electrons. The minimum atomic E-state index is -0.175. The molecule has 2 heterocycles. The van der Waals surface area contributed by atoms with E-state index in [1.165, 1.54) is 17.3 Å². The molecule has 36 heavy (non-hydrogen) atoms. The first-order valence-corrected chi connectivity index (χ1v) is 12.7. The average molecular weight is 516 g/mol. The normalized spacial score (nSPS) is 10.7. The Morgan fingerprint density at radius 3 is 2.58 bits per heavy atom. The van der Waals surface area contributed by atoms with E-state index in [-0.39, 0.29) is 5.91 Å². The number of aromatic nitrogens is 3. The molecule has 0 radical (unpaired) electrons. The van der Waals surface area contributed by atoms with Gasteiger partial charge >= 0.3 is 0 Å². The maximum absolute atomic E-state index is 12.8. The Kier molecular flexibility index (Phi) is 8.71. The molecule has 2 aromatic heterocycles. The number of carbonyl (C=O) groups is 1. The number of fused-ring (bicyclic) bond motifs is 1. The zero-order valence-electron chi connectivity index (χ0n) is 19.7. The molecule has 0 spiro atoms. The van der Waals surface area contributed by atoms with Crippen molar-refractivity contribution >= 4 is 51.0 Å². The molecular weight excluding hydrogens is 490 g/mol. The van der Waals surface area contributed by atoms with E-state index in [0.29, 0.717) is 52.6 Å². The number of rotatable bonds is 11. The van der Waals surface area contributed by atoms with Gasteiger partial charge in [0, 0.05) is 41.0 Å². The Balaban J connectivity index is 1.50. The van der Waals surface area contributed by atoms with Gasteiger partial charge in [-0.2, -0.15) is 0 Å². The fraction of sp³-hybridized carbons (Fsp3) is 0.143. The SMILES string of the molecule is C=CSC(=C)c1nc2cc(C(=O)NCCc3ccccc3Cl)ccc2nc1NCCc1ccncc1. The Morgan fingerprint density at radius 2 is 1.81 bits per heavy atom. The van der Waals surface area contributed by atoms with Crippen molar-refractivity contribution in [1.82, 2.24) is 20.3 Å². The molecule has 0 saturated heterocycles. The van der Waals surface area contributed by atoms with Crippen LogP contribution in [0.5, 0.6) is 0 Å². The van der Waals surface area contributed by atoms with Crippen molar-refractivity contribution in [2.45, 2.75) is 12.8 Å². The Bertz CT molecular complexity index is 1390. The second kappa shape index (κ2) is 12.3. The second-order valence-electron chi connectivity index (χ2n) is 7.96. The van der Waals surface area contributed by atoms with Gasteiger partial charge in [-0.3, -0.25) is 9.78 Å². The number of hydrogen-bond donors (Lipinski definition) is 2.